The molecule has 1 atom stereocenters. The fourth-order valence-electron chi connectivity index (χ4n) is 4.34. The third kappa shape index (κ3) is 6.00. The number of nitrogens with zero attached hydrogens (tertiary/aromatic N) is 6. The van der Waals surface area contributed by atoms with Crippen LogP contribution in [0.5, 0.6) is 0 Å². The van der Waals surface area contributed by atoms with Crippen molar-refractivity contribution in [3.05, 3.63) is 24.3 Å². The molecule has 172 valence electrons. The lowest BCUT2D eigenvalue weighted by atomic mass is 10.3. The average Bonchev–Trinajstić information content (AvgIpc) is 3.51. The predicted octanol–water partition coefficient (Wildman–Crippen LogP) is 1.77. The molecule has 4 heterocycles. The monoisotopic (exact) mass is 472 g/mol. The van der Waals surface area contributed by atoms with Crippen molar-refractivity contribution in [3.63, 3.8) is 0 Å². The van der Waals surface area contributed by atoms with Gasteiger partial charge in [0.1, 0.15) is 19.4 Å². The zero-order valence-electron chi connectivity index (χ0n) is 17.4. The van der Waals surface area contributed by atoms with Crippen LogP contribution < -0.4 is 4.84 Å². The minimum atomic E-state index is -4.64. The van der Waals surface area contributed by atoms with E-state index in [2.05, 4.69) is 24.3 Å². The van der Waals surface area contributed by atoms with Gasteiger partial charge in [-0.05, 0) is 49.5 Å². The molecule has 0 amide bonds. The topological polar surface area (TPSA) is 127 Å². The van der Waals surface area contributed by atoms with Crippen LogP contribution in [0.3, 0.4) is 0 Å². The highest BCUT2D eigenvalue weighted by molar-refractivity contribution is 7.50. The number of hydrogen-bond acceptors (Lipinski definition) is 7. The number of rotatable bonds is 5. The van der Waals surface area contributed by atoms with Gasteiger partial charge in [0.25, 0.3) is 0 Å². The van der Waals surface area contributed by atoms with Gasteiger partial charge in [0.2, 0.25) is 0 Å². The standard InChI is InChI=1S/C18H27N6OP.H3O4P/c1-2-9-17-16(8-1)19-20-24(17)25-18-10-7-15-23(18)26(21-11-3-4-12-21)22-13-5-6-14-22;1-5(2,3)4/h1-2,8-9,18H,3-7,10-15H2;(H3,1,2,3,4). The van der Waals surface area contributed by atoms with Crippen LogP contribution >= 0.6 is 16.2 Å². The van der Waals surface area contributed by atoms with Crippen LogP contribution in [-0.4, -0.2) is 82.8 Å². The molecule has 0 spiro atoms. The summed E-state index contributed by atoms with van der Waals surface area (Å²) in [5, 5.41) is 8.48. The number of aromatic nitrogens is 3. The van der Waals surface area contributed by atoms with Crippen LogP contribution in [0, 0.1) is 0 Å². The Labute approximate surface area is 182 Å². The molecule has 13 heteroatoms. The van der Waals surface area contributed by atoms with E-state index < -0.39 is 16.2 Å². The van der Waals surface area contributed by atoms with E-state index in [-0.39, 0.29) is 6.23 Å². The fraction of sp³-hybridized carbons (Fsp3) is 0.667. The van der Waals surface area contributed by atoms with Crippen LogP contribution in [0.4, 0.5) is 0 Å². The molecular weight excluding hydrogens is 442 g/mol. The first-order valence-corrected chi connectivity index (χ1v) is 13.5. The number of fused-ring (bicyclic) bond motifs is 1. The smallest absolute Gasteiger partial charge is 0.375 e. The van der Waals surface area contributed by atoms with Crippen LogP contribution in [0.2, 0.25) is 0 Å². The van der Waals surface area contributed by atoms with E-state index in [0.29, 0.717) is 0 Å². The highest BCUT2D eigenvalue weighted by Crippen LogP contribution is 2.54. The second kappa shape index (κ2) is 10.2. The quantitative estimate of drug-likeness (QED) is 0.554. The van der Waals surface area contributed by atoms with Gasteiger partial charge in [-0.1, -0.05) is 17.0 Å². The molecule has 3 aliphatic rings. The van der Waals surface area contributed by atoms with Crippen molar-refractivity contribution in [1.29, 1.82) is 0 Å². The molecule has 0 saturated carbocycles. The van der Waals surface area contributed by atoms with Gasteiger partial charge in [-0.2, -0.15) is 0 Å². The Hall–Kier alpha value is -1.16. The molecule has 3 aliphatic heterocycles. The molecule has 3 saturated heterocycles. The van der Waals surface area contributed by atoms with Crippen molar-refractivity contribution in [2.45, 2.75) is 44.8 Å². The summed E-state index contributed by atoms with van der Waals surface area (Å²) in [6.07, 6.45) is 7.68. The summed E-state index contributed by atoms with van der Waals surface area (Å²) in [6.45, 7) is 6.06. The van der Waals surface area contributed by atoms with E-state index in [0.717, 1.165) is 24.0 Å². The number of para-hydroxylation sites is 1. The molecule has 3 fully saturated rings. The molecule has 1 unspecified atom stereocenters. The van der Waals surface area contributed by atoms with Crippen molar-refractivity contribution in [1.82, 2.24) is 29.2 Å². The van der Waals surface area contributed by atoms with Crippen LogP contribution in [0.1, 0.15) is 38.5 Å². The van der Waals surface area contributed by atoms with E-state index >= 15 is 0 Å². The zero-order valence-corrected chi connectivity index (χ0v) is 19.2. The highest BCUT2D eigenvalue weighted by atomic mass is 31.2. The predicted molar refractivity (Wildman–Crippen MR) is 117 cm³/mol. The maximum Gasteiger partial charge on any atom is 0.466 e. The Bertz CT molecular complexity index is 874. The van der Waals surface area contributed by atoms with Gasteiger partial charge in [0.05, 0.1) is 0 Å². The van der Waals surface area contributed by atoms with Crippen molar-refractivity contribution in [2.75, 3.05) is 32.7 Å². The lowest BCUT2D eigenvalue weighted by Gasteiger charge is -2.42. The Morgan fingerprint density at radius 3 is 2.13 bits per heavy atom. The van der Waals surface area contributed by atoms with Gasteiger partial charge in [0, 0.05) is 39.1 Å². The Kier molecular flexibility index (Phi) is 7.56. The number of phosphoric acid groups is 1. The third-order valence-electron chi connectivity index (χ3n) is 5.61. The highest BCUT2D eigenvalue weighted by Gasteiger charge is 2.41. The summed E-state index contributed by atoms with van der Waals surface area (Å²) >= 11 is 0. The van der Waals surface area contributed by atoms with Crippen molar-refractivity contribution in [3.8, 4) is 0 Å². The van der Waals surface area contributed by atoms with Crippen LogP contribution in [0.15, 0.2) is 24.3 Å². The molecule has 5 rings (SSSR count). The molecule has 11 nitrogen and oxygen atoms in total. The molecule has 0 bridgehead atoms. The molecule has 1 aromatic carbocycles. The SMILES string of the molecule is O=P(O)(O)O.c1ccc2c(c1)nnn2OC1CCCN1P(N1CCCC1)N1CCCC1. The molecule has 2 aromatic rings. The number of benzene rings is 1. The van der Waals surface area contributed by atoms with Crippen LogP contribution in [0.25, 0.3) is 11.0 Å². The normalized spacial score (nSPS) is 23.5. The molecule has 0 aliphatic carbocycles. The minimum Gasteiger partial charge on any atom is -0.375 e. The summed E-state index contributed by atoms with van der Waals surface area (Å²) in [7, 11) is -5.05. The van der Waals surface area contributed by atoms with Crippen molar-refractivity contribution >= 4 is 27.2 Å². The second-order valence-electron chi connectivity index (χ2n) is 7.92. The summed E-state index contributed by atoms with van der Waals surface area (Å²) in [5.41, 5.74) is 1.84. The average molecular weight is 472 g/mol. The fourth-order valence-corrected chi connectivity index (χ4v) is 7.33. The van der Waals surface area contributed by atoms with E-state index in [1.807, 2.05) is 24.3 Å². The summed E-state index contributed by atoms with van der Waals surface area (Å²) in [6, 6.07) is 8.01. The maximum absolute atomic E-state index is 8.88. The first-order chi connectivity index (χ1) is 14.9. The Morgan fingerprint density at radius 2 is 1.52 bits per heavy atom. The van der Waals surface area contributed by atoms with E-state index in [1.54, 1.807) is 4.85 Å². The molecule has 1 aromatic heterocycles. The summed E-state index contributed by atoms with van der Waals surface area (Å²) in [5.74, 6) is 0. The van der Waals surface area contributed by atoms with Crippen molar-refractivity contribution < 1.29 is 24.1 Å². The van der Waals surface area contributed by atoms with Gasteiger partial charge in [0.15, 0.2) is 6.23 Å². The minimum absolute atomic E-state index is 0.0902. The Morgan fingerprint density at radius 1 is 0.935 bits per heavy atom. The zero-order chi connectivity index (χ0) is 21.8. The third-order valence-corrected chi connectivity index (χ3v) is 8.34. The van der Waals surface area contributed by atoms with E-state index in [1.165, 1.54) is 58.3 Å². The molecule has 31 heavy (non-hydrogen) atoms. The lowest BCUT2D eigenvalue weighted by molar-refractivity contribution is -0.0261. The van der Waals surface area contributed by atoms with Gasteiger partial charge in [-0.25, -0.2) is 9.24 Å². The summed E-state index contributed by atoms with van der Waals surface area (Å²) < 4.78 is 17.0. The van der Waals surface area contributed by atoms with Gasteiger partial charge < -0.3 is 19.5 Å². The van der Waals surface area contributed by atoms with Crippen molar-refractivity contribution in [2.24, 2.45) is 0 Å². The lowest BCUT2D eigenvalue weighted by Crippen LogP contribution is -2.42. The molecule has 0 radical (unpaired) electrons. The van der Waals surface area contributed by atoms with E-state index in [4.69, 9.17) is 24.1 Å². The van der Waals surface area contributed by atoms with Gasteiger partial charge in [-0.3, -0.25) is 9.34 Å². The van der Waals surface area contributed by atoms with Gasteiger partial charge >= 0.3 is 7.82 Å². The van der Waals surface area contributed by atoms with E-state index in [9.17, 15) is 0 Å². The number of hydrogen-bond donors (Lipinski definition) is 3. The first kappa shape index (κ1) is 23.0. The maximum atomic E-state index is 8.88. The first-order valence-electron chi connectivity index (χ1n) is 10.7. The second-order valence-corrected chi connectivity index (χ2v) is 11.1. The Balaban J connectivity index is 0.000000418. The molecular formula is C18H30N6O5P2. The molecule has 3 N–H and O–H groups in total. The summed E-state index contributed by atoms with van der Waals surface area (Å²) in [4.78, 5) is 29.6. The largest absolute Gasteiger partial charge is 0.466 e. The van der Waals surface area contributed by atoms with Gasteiger partial charge in [-0.15, -0.1) is 5.10 Å². The van der Waals surface area contributed by atoms with Crippen LogP contribution in [-0.2, 0) is 4.57 Å².